The zero-order valence-electron chi connectivity index (χ0n) is 8.47. The normalized spacial score (nSPS) is 16.8. The number of rotatable bonds is 4. The maximum atomic E-state index is 10.3. The van der Waals surface area contributed by atoms with Crippen LogP contribution < -0.4 is 5.32 Å². The first kappa shape index (κ1) is 9.71. The number of nitriles is 1. The van der Waals surface area contributed by atoms with Crippen LogP contribution in [0.4, 0.5) is 0 Å². The van der Waals surface area contributed by atoms with Gasteiger partial charge in [0.15, 0.2) is 0 Å². The van der Waals surface area contributed by atoms with E-state index >= 15 is 0 Å². The van der Waals surface area contributed by atoms with Gasteiger partial charge in [-0.1, -0.05) is 0 Å². The number of nitrogens with zero attached hydrogens (tertiary/aromatic N) is 3. The molecule has 1 fully saturated rings. The summed E-state index contributed by atoms with van der Waals surface area (Å²) in [6.45, 7) is 1.93. The number of carbonyl (C=O) groups excluding carboxylic acids is 1. The molecule has 0 spiro atoms. The van der Waals surface area contributed by atoms with Crippen LogP contribution in [0.5, 0.6) is 0 Å². The van der Waals surface area contributed by atoms with Crippen molar-refractivity contribution in [1.29, 1.82) is 5.26 Å². The Kier molecular flexibility index (Phi) is 2.42. The maximum Gasteiger partial charge on any atom is 0.208 e. The molecule has 0 bridgehead atoms. The second kappa shape index (κ2) is 3.73. The molecule has 1 atom stereocenters. The lowest BCUT2D eigenvalue weighted by Gasteiger charge is -2.07. The fraction of sp³-hybridized carbons (Fsp3) is 0.500. The number of amides is 1. The number of hydrogen-bond donors (Lipinski definition) is 1. The Morgan fingerprint density at radius 2 is 2.53 bits per heavy atom. The van der Waals surface area contributed by atoms with Gasteiger partial charge >= 0.3 is 0 Å². The highest BCUT2D eigenvalue weighted by Crippen LogP contribution is 2.36. The first-order valence-corrected chi connectivity index (χ1v) is 4.91. The minimum absolute atomic E-state index is 0.495. The summed E-state index contributed by atoms with van der Waals surface area (Å²) in [7, 11) is 0. The number of hydrogen-bond acceptors (Lipinski definition) is 3. The molecule has 1 N–H and O–H groups in total. The van der Waals surface area contributed by atoms with Gasteiger partial charge in [-0.15, -0.1) is 0 Å². The second-order valence-electron chi connectivity index (χ2n) is 3.71. The highest BCUT2D eigenvalue weighted by atomic mass is 16.1. The van der Waals surface area contributed by atoms with E-state index in [9.17, 15) is 4.79 Å². The highest BCUT2D eigenvalue weighted by molar-refractivity contribution is 5.49. The molecule has 78 valence electrons. The topological polar surface area (TPSA) is 70.7 Å². The predicted octanol–water partition coefficient (Wildman–Crippen LogP) is 0.837. The van der Waals surface area contributed by atoms with E-state index in [0.717, 1.165) is 24.1 Å². The van der Waals surface area contributed by atoms with Crippen LogP contribution in [0, 0.1) is 18.3 Å². The van der Waals surface area contributed by atoms with Gasteiger partial charge in [-0.25, -0.2) is 0 Å². The first-order chi connectivity index (χ1) is 7.27. The van der Waals surface area contributed by atoms with Crippen molar-refractivity contribution in [3.63, 3.8) is 0 Å². The molecule has 1 unspecified atom stereocenters. The molecule has 1 aromatic heterocycles. The van der Waals surface area contributed by atoms with Crippen molar-refractivity contribution in [2.75, 3.05) is 0 Å². The fourth-order valence-electron chi connectivity index (χ4n) is 1.67. The van der Waals surface area contributed by atoms with Crippen molar-refractivity contribution in [3.8, 4) is 6.07 Å². The van der Waals surface area contributed by atoms with Crippen LogP contribution in [0.2, 0.25) is 0 Å². The van der Waals surface area contributed by atoms with Gasteiger partial charge in [-0.05, 0) is 19.8 Å². The lowest BCUT2D eigenvalue weighted by molar-refractivity contribution is -0.109. The summed E-state index contributed by atoms with van der Waals surface area (Å²) in [5.41, 5.74) is 1.76. The van der Waals surface area contributed by atoms with E-state index in [2.05, 4.69) is 10.4 Å². The lowest BCUT2D eigenvalue weighted by Crippen LogP contribution is -2.18. The molecule has 5 heteroatoms. The van der Waals surface area contributed by atoms with Crippen LogP contribution in [0.3, 0.4) is 0 Å². The van der Waals surface area contributed by atoms with Gasteiger partial charge in [0.1, 0.15) is 6.04 Å². The molecule has 1 heterocycles. The minimum Gasteiger partial charge on any atom is -0.339 e. The Bertz CT molecular complexity index is 414. The third kappa shape index (κ3) is 1.71. The van der Waals surface area contributed by atoms with E-state index in [1.54, 1.807) is 6.20 Å². The standard InChI is InChI=1S/C10H12N4O/c1-7-9(10(4-11)12-6-15)5-13-14(7)8-2-3-8/h5-6,8,10H,2-3H2,1H3,(H,12,15). The molecule has 1 aromatic rings. The van der Waals surface area contributed by atoms with E-state index in [0.29, 0.717) is 12.5 Å². The van der Waals surface area contributed by atoms with E-state index in [4.69, 9.17) is 5.26 Å². The van der Waals surface area contributed by atoms with Gasteiger partial charge in [0.2, 0.25) is 6.41 Å². The molecular formula is C10H12N4O. The molecule has 0 aromatic carbocycles. The highest BCUT2D eigenvalue weighted by Gasteiger charge is 2.27. The predicted molar refractivity (Wildman–Crippen MR) is 52.8 cm³/mol. The third-order valence-electron chi connectivity index (χ3n) is 2.65. The fourth-order valence-corrected chi connectivity index (χ4v) is 1.67. The molecule has 1 saturated carbocycles. The quantitative estimate of drug-likeness (QED) is 0.738. The van der Waals surface area contributed by atoms with Gasteiger partial charge < -0.3 is 5.32 Å². The third-order valence-corrected chi connectivity index (χ3v) is 2.65. The van der Waals surface area contributed by atoms with Crippen LogP contribution in [-0.2, 0) is 4.79 Å². The smallest absolute Gasteiger partial charge is 0.208 e. The van der Waals surface area contributed by atoms with Crippen molar-refractivity contribution >= 4 is 6.41 Å². The van der Waals surface area contributed by atoms with Gasteiger partial charge in [-0.3, -0.25) is 9.48 Å². The summed E-state index contributed by atoms with van der Waals surface area (Å²) in [6, 6.07) is 1.94. The SMILES string of the molecule is Cc1c(C(C#N)NC=O)cnn1C1CC1. The molecule has 0 saturated heterocycles. The lowest BCUT2D eigenvalue weighted by atomic mass is 10.1. The van der Waals surface area contributed by atoms with Crippen LogP contribution in [-0.4, -0.2) is 16.2 Å². The van der Waals surface area contributed by atoms with Gasteiger partial charge in [0.05, 0.1) is 18.3 Å². The first-order valence-electron chi connectivity index (χ1n) is 4.91. The zero-order chi connectivity index (χ0) is 10.8. The minimum atomic E-state index is -0.588. The maximum absolute atomic E-state index is 10.3. The van der Waals surface area contributed by atoms with E-state index in [1.807, 2.05) is 17.7 Å². The molecule has 1 aliphatic rings. The van der Waals surface area contributed by atoms with Gasteiger partial charge in [0.25, 0.3) is 0 Å². The average molecular weight is 204 g/mol. The Morgan fingerprint density at radius 1 is 1.80 bits per heavy atom. The van der Waals surface area contributed by atoms with Crippen LogP contribution >= 0.6 is 0 Å². The molecule has 0 aliphatic heterocycles. The van der Waals surface area contributed by atoms with Crippen molar-refractivity contribution < 1.29 is 4.79 Å². The summed E-state index contributed by atoms with van der Waals surface area (Å²) >= 11 is 0. The van der Waals surface area contributed by atoms with Crippen LogP contribution in [0.15, 0.2) is 6.20 Å². The van der Waals surface area contributed by atoms with Crippen molar-refractivity contribution in [1.82, 2.24) is 15.1 Å². The number of carbonyl (C=O) groups is 1. The van der Waals surface area contributed by atoms with Crippen LogP contribution in [0.1, 0.15) is 36.2 Å². The van der Waals surface area contributed by atoms with Gasteiger partial charge in [-0.2, -0.15) is 10.4 Å². The monoisotopic (exact) mass is 204 g/mol. The summed E-state index contributed by atoms with van der Waals surface area (Å²) < 4.78 is 1.94. The van der Waals surface area contributed by atoms with Crippen molar-refractivity contribution in [3.05, 3.63) is 17.5 Å². The summed E-state index contributed by atoms with van der Waals surface area (Å²) in [6.07, 6.45) is 4.51. The summed E-state index contributed by atoms with van der Waals surface area (Å²) in [4.78, 5) is 10.3. The Labute approximate surface area is 87.7 Å². The molecule has 1 aliphatic carbocycles. The molecule has 1 amide bonds. The van der Waals surface area contributed by atoms with Gasteiger partial charge in [0, 0.05) is 11.3 Å². The molecule has 2 rings (SSSR count). The largest absolute Gasteiger partial charge is 0.339 e. The van der Waals surface area contributed by atoms with Crippen LogP contribution in [0.25, 0.3) is 0 Å². The van der Waals surface area contributed by atoms with E-state index in [1.165, 1.54) is 0 Å². The zero-order valence-corrected chi connectivity index (χ0v) is 8.47. The van der Waals surface area contributed by atoms with E-state index in [-0.39, 0.29) is 0 Å². The Balaban J connectivity index is 2.27. The second-order valence-corrected chi connectivity index (χ2v) is 3.71. The average Bonchev–Trinajstić information content (AvgIpc) is 3.00. The van der Waals surface area contributed by atoms with Crippen molar-refractivity contribution in [2.24, 2.45) is 0 Å². The Morgan fingerprint density at radius 3 is 3.07 bits per heavy atom. The molecule has 15 heavy (non-hydrogen) atoms. The number of nitrogens with one attached hydrogen (secondary N) is 1. The summed E-state index contributed by atoms with van der Waals surface area (Å²) in [5.74, 6) is 0. The summed E-state index contributed by atoms with van der Waals surface area (Å²) in [5, 5.41) is 15.6. The van der Waals surface area contributed by atoms with E-state index < -0.39 is 6.04 Å². The Hall–Kier alpha value is -1.83. The number of aromatic nitrogens is 2. The molecule has 5 nitrogen and oxygen atoms in total. The molecular weight excluding hydrogens is 192 g/mol. The van der Waals surface area contributed by atoms with Crippen molar-refractivity contribution in [2.45, 2.75) is 31.8 Å². The molecule has 0 radical (unpaired) electrons.